The first kappa shape index (κ1) is 37.4. The molecule has 12 heteroatoms. The van der Waals surface area contributed by atoms with Crippen LogP contribution in [0.2, 0.25) is 0 Å². The van der Waals surface area contributed by atoms with Crippen LogP contribution in [0.5, 0.6) is 0 Å². The molecule has 0 spiro atoms. The fourth-order valence-corrected chi connectivity index (χ4v) is 3.79. The Bertz CT molecular complexity index is 1410. The Morgan fingerprint density at radius 2 is 1.02 bits per heavy atom. The Kier molecular flexibility index (Phi) is 12.6. The van der Waals surface area contributed by atoms with Gasteiger partial charge < -0.3 is 29.6 Å². The summed E-state index contributed by atoms with van der Waals surface area (Å²) in [7, 11) is 0. The van der Waals surface area contributed by atoms with Crippen LogP contribution in [0.15, 0.2) is 48.5 Å². The second kappa shape index (κ2) is 15.5. The van der Waals surface area contributed by atoms with E-state index >= 15 is 0 Å². The van der Waals surface area contributed by atoms with Gasteiger partial charge in [-0.05, 0) is 58.1 Å². The molecule has 0 aromatic heterocycles. The number of esters is 2. The van der Waals surface area contributed by atoms with E-state index < -0.39 is 78.1 Å². The van der Waals surface area contributed by atoms with Gasteiger partial charge in [0, 0.05) is 11.1 Å². The van der Waals surface area contributed by atoms with Gasteiger partial charge >= 0.3 is 24.1 Å². The van der Waals surface area contributed by atoms with Gasteiger partial charge in [0.1, 0.15) is 23.8 Å². The van der Waals surface area contributed by atoms with Crippen LogP contribution in [-0.4, -0.2) is 72.7 Å². The van der Waals surface area contributed by atoms with Crippen LogP contribution in [0.25, 0.3) is 11.1 Å². The summed E-state index contributed by atoms with van der Waals surface area (Å²) in [4.78, 5) is 73.8. The zero-order chi connectivity index (χ0) is 34.9. The average molecular weight is 641 g/mol. The van der Waals surface area contributed by atoms with Gasteiger partial charge in [-0.3, -0.25) is 14.4 Å². The maximum atomic E-state index is 12.8. The number of alkyl carbamates (subject to hydrolysis) is 2. The summed E-state index contributed by atoms with van der Waals surface area (Å²) in [5, 5.41) is 4.80. The van der Waals surface area contributed by atoms with Gasteiger partial charge in [0.25, 0.3) is 0 Å². The Labute approximate surface area is 269 Å². The predicted molar refractivity (Wildman–Crippen MR) is 169 cm³/mol. The summed E-state index contributed by atoms with van der Waals surface area (Å²) in [5.41, 5.74) is -0.00178. The van der Waals surface area contributed by atoms with Crippen molar-refractivity contribution in [2.45, 2.75) is 79.6 Å². The second-order valence-corrected chi connectivity index (χ2v) is 13.6. The molecule has 0 aliphatic heterocycles. The third kappa shape index (κ3) is 13.1. The van der Waals surface area contributed by atoms with Gasteiger partial charge in [-0.25, -0.2) is 14.4 Å². The fraction of sp³-hybridized carbons (Fsp3) is 0.471. The lowest BCUT2D eigenvalue weighted by atomic mass is 9.87. The number of hydrogen-bond donors (Lipinski definition) is 2. The maximum Gasteiger partial charge on any atom is 0.408 e. The summed E-state index contributed by atoms with van der Waals surface area (Å²) < 4.78 is 20.5. The number of Topliss-reactive ketones (excluding diaryl/α,β-unsaturated/α-hetero) is 2. The summed E-state index contributed by atoms with van der Waals surface area (Å²) in [6.07, 6.45) is -1.54. The third-order valence-corrected chi connectivity index (χ3v) is 6.00. The lowest BCUT2D eigenvalue weighted by Crippen LogP contribution is -2.51. The number of carbonyl (C=O) groups excluding carboxylic acids is 6. The molecule has 46 heavy (non-hydrogen) atoms. The first-order chi connectivity index (χ1) is 21.1. The van der Waals surface area contributed by atoms with Crippen molar-refractivity contribution in [3.8, 4) is 11.1 Å². The van der Waals surface area contributed by atoms with Crippen molar-refractivity contribution < 1.29 is 47.7 Å². The van der Waals surface area contributed by atoms with E-state index in [1.807, 2.05) is 0 Å². The van der Waals surface area contributed by atoms with E-state index in [0.29, 0.717) is 11.1 Å². The minimum absolute atomic E-state index is 0.318. The van der Waals surface area contributed by atoms with E-state index in [2.05, 4.69) is 10.6 Å². The van der Waals surface area contributed by atoms with Crippen molar-refractivity contribution in [3.05, 3.63) is 59.7 Å². The Hall–Kier alpha value is -4.74. The van der Waals surface area contributed by atoms with Crippen molar-refractivity contribution >= 4 is 35.7 Å². The molecular formula is C34H44N2O10. The summed E-state index contributed by atoms with van der Waals surface area (Å²) in [6, 6.07) is 12.2. The first-order valence-corrected chi connectivity index (χ1v) is 14.7. The Balaban J connectivity index is 1.91. The normalized spacial score (nSPS) is 12.3. The highest BCUT2D eigenvalue weighted by Crippen LogP contribution is 2.23. The van der Waals surface area contributed by atoms with Crippen LogP contribution in [0.1, 0.15) is 83.0 Å². The smallest absolute Gasteiger partial charge is 0.408 e. The van der Waals surface area contributed by atoms with Gasteiger partial charge in [0.15, 0.2) is 24.8 Å². The minimum atomic E-state index is -1.04. The monoisotopic (exact) mass is 640 g/mol. The van der Waals surface area contributed by atoms with Crippen molar-refractivity contribution in [2.24, 2.45) is 5.41 Å². The van der Waals surface area contributed by atoms with Gasteiger partial charge in [0.2, 0.25) is 0 Å². The first-order valence-electron chi connectivity index (χ1n) is 14.7. The van der Waals surface area contributed by atoms with E-state index in [4.69, 9.17) is 18.9 Å². The van der Waals surface area contributed by atoms with Crippen molar-refractivity contribution in [2.75, 3.05) is 19.8 Å². The van der Waals surface area contributed by atoms with Crippen molar-refractivity contribution in [3.63, 3.8) is 0 Å². The van der Waals surface area contributed by atoms with Gasteiger partial charge in [0.05, 0.1) is 0 Å². The number of nitrogens with one attached hydrogen (secondary N) is 2. The van der Waals surface area contributed by atoms with E-state index in [9.17, 15) is 28.8 Å². The molecule has 1 atom stereocenters. The SMILES string of the molecule is CC(C)(C)OC(=O)NCC(=O)OCC(=O)c1ccc(-c2ccc(C(=O)COC(=O)[C@@H](NC(=O)OC(C)(C)C)C(C)(C)C)cc2)cc1. The van der Waals surface area contributed by atoms with Crippen LogP contribution in [0, 0.1) is 5.41 Å². The molecule has 0 aliphatic rings. The molecule has 0 unspecified atom stereocenters. The van der Waals surface area contributed by atoms with E-state index in [0.717, 1.165) is 11.1 Å². The topological polar surface area (TPSA) is 163 Å². The predicted octanol–water partition coefficient (Wildman–Crippen LogP) is 5.27. The highest BCUT2D eigenvalue weighted by atomic mass is 16.6. The number of ketones is 2. The molecule has 0 bridgehead atoms. The van der Waals surface area contributed by atoms with E-state index in [1.165, 1.54) is 0 Å². The molecule has 0 aliphatic carbocycles. The highest BCUT2D eigenvalue weighted by molar-refractivity contribution is 5.99. The molecule has 2 aromatic carbocycles. The largest absolute Gasteiger partial charge is 0.456 e. The number of ether oxygens (including phenoxy) is 4. The lowest BCUT2D eigenvalue weighted by molar-refractivity contribution is -0.148. The van der Waals surface area contributed by atoms with E-state index in [1.54, 1.807) is 111 Å². The summed E-state index contributed by atoms with van der Waals surface area (Å²) >= 11 is 0. The van der Waals surface area contributed by atoms with Crippen LogP contribution in [0.3, 0.4) is 0 Å². The number of rotatable bonds is 11. The molecular weight excluding hydrogens is 596 g/mol. The quantitative estimate of drug-likeness (QED) is 0.188. The Morgan fingerprint density at radius 1 is 0.609 bits per heavy atom. The fourth-order valence-electron chi connectivity index (χ4n) is 3.79. The van der Waals surface area contributed by atoms with Crippen LogP contribution in [0.4, 0.5) is 9.59 Å². The molecule has 2 N–H and O–H groups in total. The maximum absolute atomic E-state index is 12.8. The average Bonchev–Trinajstić information content (AvgIpc) is 2.94. The number of carbonyl (C=O) groups is 6. The molecule has 12 nitrogen and oxygen atoms in total. The molecule has 0 saturated carbocycles. The molecule has 2 rings (SSSR count). The number of hydrogen-bond acceptors (Lipinski definition) is 10. The zero-order valence-corrected chi connectivity index (χ0v) is 27.9. The lowest BCUT2D eigenvalue weighted by Gasteiger charge is -2.30. The molecule has 2 amide bonds. The number of amides is 2. The summed E-state index contributed by atoms with van der Waals surface area (Å²) in [6.45, 7) is 14.0. The molecule has 0 heterocycles. The van der Waals surface area contributed by atoms with Crippen molar-refractivity contribution in [1.82, 2.24) is 10.6 Å². The minimum Gasteiger partial charge on any atom is -0.456 e. The number of benzene rings is 2. The van der Waals surface area contributed by atoms with Crippen LogP contribution >= 0.6 is 0 Å². The zero-order valence-electron chi connectivity index (χ0n) is 27.9. The molecule has 0 fully saturated rings. The molecule has 0 saturated heterocycles. The third-order valence-electron chi connectivity index (χ3n) is 6.00. The van der Waals surface area contributed by atoms with Crippen LogP contribution in [-0.2, 0) is 28.5 Å². The van der Waals surface area contributed by atoms with E-state index in [-0.39, 0.29) is 0 Å². The standard InChI is InChI=1S/C34H44N2O10/c1-32(2,3)28(36-31(42)46-34(7,8)9)29(40)44-20-26(38)24-16-12-22(13-17-24)21-10-14-23(15-11-21)25(37)19-43-27(39)18-35-30(41)45-33(4,5)6/h10-17,28H,18-20H2,1-9H3,(H,35,41)(H,36,42)/t28-/m1/s1. The van der Waals surface area contributed by atoms with Gasteiger partial charge in [-0.15, -0.1) is 0 Å². The Morgan fingerprint density at radius 3 is 1.43 bits per heavy atom. The molecule has 250 valence electrons. The summed E-state index contributed by atoms with van der Waals surface area (Å²) in [5.74, 6) is -2.40. The molecule has 2 aromatic rings. The van der Waals surface area contributed by atoms with Gasteiger partial charge in [-0.1, -0.05) is 69.3 Å². The molecule has 0 radical (unpaired) electrons. The highest BCUT2D eigenvalue weighted by Gasteiger charge is 2.35. The van der Waals surface area contributed by atoms with Crippen molar-refractivity contribution in [1.29, 1.82) is 0 Å². The van der Waals surface area contributed by atoms with Gasteiger partial charge in [-0.2, -0.15) is 0 Å². The second-order valence-electron chi connectivity index (χ2n) is 13.6. The van der Waals surface area contributed by atoms with Crippen LogP contribution < -0.4 is 10.6 Å².